The molecule has 0 saturated carbocycles. The van der Waals surface area contributed by atoms with E-state index < -0.39 is 35.2 Å². The highest BCUT2D eigenvalue weighted by molar-refractivity contribution is 5.94. The molecule has 0 aliphatic heterocycles. The Hall–Kier alpha value is -3.16. The average Bonchev–Trinajstić information content (AvgIpc) is 3.26. The Bertz CT molecular complexity index is 1110. The highest BCUT2D eigenvalue weighted by atomic mass is 19.2. The van der Waals surface area contributed by atoms with E-state index in [1.165, 1.54) is 16.8 Å². The van der Waals surface area contributed by atoms with Crippen LogP contribution in [0.2, 0.25) is 0 Å². The maximum atomic E-state index is 14.0. The first kappa shape index (κ1) is 19.2. The minimum atomic E-state index is -1.00. The number of nitrogens with zero attached hydrogens (tertiary/aromatic N) is 2. The van der Waals surface area contributed by atoms with Crippen LogP contribution in [-0.2, 0) is 12.8 Å². The topological polar surface area (TPSA) is 46.9 Å². The molecule has 29 heavy (non-hydrogen) atoms. The molecule has 4 nitrogen and oxygen atoms in total. The lowest BCUT2D eigenvalue weighted by Crippen LogP contribution is -2.28. The maximum Gasteiger partial charge on any atom is 0.272 e. The molecule has 1 N–H and O–H groups in total. The minimum Gasteiger partial charge on any atom is -0.344 e. The van der Waals surface area contributed by atoms with Crippen molar-refractivity contribution in [1.82, 2.24) is 15.1 Å². The Morgan fingerprint density at radius 2 is 1.83 bits per heavy atom. The molecule has 1 aromatic heterocycles. The fourth-order valence-corrected chi connectivity index (χ4v) is 3.65. The molecule has 0 fully saturated rings. The Balaban J connectivity index is 1.65. The summed E-state index contributed by atoms with van der Waals surface area (Å²) in [6.07, 6.45) is 2.08. The van der Waals surface area contributed by atoms with E-state index in [4.69, 9.17) is 0 Å². The van der Waals surface area contributed by atoms with Crippen LogP contribution >= 0.6 is 0 Å². The second-order valence-corrected chi connectivity index (χ2v) is 7.00. The molecule has 0 bridgehead atoms. The second-order valence-electron chi connectivity index (χ2n) is 7.00. The average molecular weight is 403 g/mol. The van der Waals surface area contributed by atoms with Gasteiger partial charge in [0.25, 0.3) is 5.91 Å². The van der Waals surface area contributed by atoms with Crippen molar-refractivity contribution < 1.29 is 22.4 Å². The highest BCUT2D eigenvalue weighted by Crippen LogP contribution is 2.29. The van der Waals surface area contributed by atoms with Gasteiger partial charge in [-0.2, -0.15) is 5.10 Å². The molecule has 3 aromatic rings. The summed E-state index contributed by atoms with van der Waals surface area (Å²) in [7, 11) is 0. The van der Waals surface area contributed by atoms with Gasteiger partial charge >= 0.3 is 0 Å². The van der Waals surface area contributed by atoms with Gasteiger partial charge in [0.1, 0.15) is 11.6 Å². The predicted molar refractivity (Wildman–Crippen MR) is 97.7 cm³/mol. The van der Waals surface area contributed by atoms with E-state index in [1.807, 2.05) is 0 Å². The van der Waals surface area contributed by atoms with Gasteiger partial charge in [-0.15, -0.1) is 0 Å². The van der Waals surface area contributed by atoms with E-state index in [9.17, 15) is 22.4 Å². The van der Waals surface area contributed by atoms with Crippen molar-refractivity contribution in [3.05, 3.63) is 82.2 Å². The number of hydrogen-bond acceptors (Lipinski definition) is 2. The van der Waals surface area contributed by atoms with Crippen molar-refractivity contribution in [2.24, 2.45) is 0 Å². The Kier molecular flexibility index (Phi) is 4.86. The molecule has 1 unspecified atom stereocenters. The van der Waals surface area contributed by atoms with Gasteiger partial charge in [-0.25, -0.2) is 22.2 Å². The summed E-state index contributed by atoms with van der Waals surface area (Å²) in [6.45, 7) is 1.58. The number of hydrogen-bond donors (Lipinski definition) is 1. The van der Waals surface area contributed by atoms with Crippen LogP contribution in [0.5, 0.6) is 0 Å². The van der Waals surface area contributed by atoms with Crippen LogP contribution in [0, 0.1) is 23.3 Å². The number of aromatic nitrogens is 2. The van der Waals surface area contributed by atoms with Crippen molar-refractivity contribution in [2.45, 2.75) is 32.2 Å². The van der Waals surface area contributed by atoms with Crippen molar-refractivity contribution in [1.29, 1.82) is 0 Å². The number of benzene rings is 2. The summed E-state index contributed by atoms with van der Waals surface area (Å²) in [6, 6.07) is 5.87. The third-order valence-corrected chi connectivity index (χ3v) is 5.07. The first-order valence-electron chi connectivity index (χ1n) is 9.17. The number of amides is 1. The predicted octanol–water partition coefficient (Wildman–Crippen LogP) is 4.41. The van der Waals surface area contributed by atoms with E-state index in [0.29, 0.717) is 18.5 Å². The number of rotatable bonds is 4. The van der Waals surface area contributed by atoms with E-state index in [0.717, 1.165) is 41.9 Å². The Morgan fingerprint density at radius 1 is 1.03 bits per heavy atom. The van der Waals surface area contributed by atoms with Crippen LogP contribution in [0.1, 0.15) is 46.7 Å². The molecule has 1 heterocycles. The van der Waals surface area contributed by atoms with Gasteiger partial charge < -0.3 is 5.32 Å². The number of halogens is 4. The van der Waals surface area contributed by atoms with Gasteiger partial charge in [0.15, 0.2) is 17.3 Å². The molecular formula is C21H17F4N3O. The SMILES string of the molecule is CC(NC(=O)c1nn(-c2ccc(F)c(F)c2)c2c1CCC2)c1ccc(F)cc1F. The second kappa shape index (κ2) is 7.35. The molecule has 8 heteroatoms. The molecule has 0 radical (unpaired) electrons. The third kappa shape index (κ3) is 3.50. The minimum absolute atomic E-state index is 0.149. The zero-order chi connectivity index (χ0) is 20.7. The van der Waals surface area contributed by atoms with Crippen LogP contribution in [0.25, 0.3) is 5.69 Å². The lowest BCUT2D eigenvalue weighted by atomic mass is 10.1. The number of fused-ring (bicyclic) bond motifs is 1. The normalized spacial score (nSPS) is 14.0. The van der Waals surface area contributed by atoms with Crippen molar-refractivity contribution in [3.8, 4) is 5.69 Å². The zero-order valence-corrected chi connectivity index (χ0v) is 15.5. The quantitative estimate of drug-likeness (QED) is 0.656. The highest BCUT2D eigenvalue weighted by Gasteiger charge is 2.28. The number of nitrogens with one attached hydrogen (secondary N) is 1. The fraction of sp³-hybridized carbons (Fsp3) is 0.238. The van der Waals surface area contributed by atoms with Gasteiger partial charge in [0.05, 0.1) is 11.7 Å². The van der Waals surface area contributed by atoms with Gasteiger partial charge in [-0.1, -0.05) is 6.07 Å². The molecule has 2 aromatic carbocycles. The van der Waals surface area contributed by atoms with Crippen molar-refractivity contribution in [2.75, 3.05) is 0 Å². The molecule has 1 amide bonds. The monoisotopic (exact) mass is 403 g/mol. The summed E-state index contributed by atoms with van der Waals surface area (Å²) >= 11 is 0. The van der Waals surface area contributed by atoms with Gasteiger partial charge in [0, 0.05) is 29.0 Å². The molecule has 1 aliphatic rings. The van der Waals surface area contributed by atoms with Crippen LogP contribution in [0.4, 0.5) is 17.6 Å². The third-order valence-electron chi connectivity index (χ3n) is 5.07. The molecule has 1 aliphatic carbocycles. The van der Waals surface area contributed by atoms with Crippen LogP contribution < -0.4 is 5.32 Å². The zero-order valence-electron chi connectivity index (χ0n) is 15.5. The van der Waals surface area contributed by atoms with Crippen LogP contribution in [-0.4, -0.2) is 15.7 Å². The van der Waals surface area contributed by atoms with E-state index in [1.54, 1.807) is 6.92 Å². The summed E-state index contributed by atoms with van der Waals surface area (Å²) in [5.74, 6) is -3.94. The van der Waals surface area contributed by atoms with E-state index >= 15 is 0 Å². The Morgan fingerprint density at radius 3 is 2.55 bits per heavy atom. The lowest BCUT2D eigenvalue weighted by Gasteiger charge is -2.14. The number of carbonyl (C=O) groups excluding carboxylic acids is 1. The van der Waals surface area contributed by atoms with E-state index in [-0.39, 0.29) is 11.3 Å². The van der Waals surface area contributed by atoms with Crippen molar-refractivity contribution in [3.63, 3.8) is 0 Å². The van der Waals surface area contributed by atoms with Crippen LogP contribution in [0.3, 0.4) is 0 Å². The summed E-state index contributed by atoms with van der Waals surface area (Å²) < 4.78 is 55.5. The van der Waals surface area contributed by atoms with Crippen LogP contribution in [0.15, 0.2) is 36.4 Å². The molecular weight excluding hydrogens is 386 g/mol. The van der Waals surface area contributed by atoms with Crippen molar-refractivity contribution >= 4 is 5.91 Å². The summed E-state index contributed by atoms with van der Waals surface area (Å²) in [5, 5.41) is 6.99. The first-order valence-corrected chi connectivity index (χ1v) is 9.17. The lowest BCUT2D eigenvalue weighted by molar-refractivity contribution is 0.0933. The summed E-state index contributed by atoms with van der Waals surface area (Å²) in [4.78, 5) is 12.8. The van der Waals surface area contributed by atoms with Gasteiger partial charge in [-0.3, -0.25) is 4.79 Å². The number of carbonyl (C=O) groups is 1. The first-order chi connectivity index (χ1) is 13.8. The standard InChI is InChI=1S/C21H17F4N3O/c1-11(14-7-5-12(22)9-17(14)24)26-21(29)20-15-3-2-4-19(15)28(27-20)13-6-8-16(23)18(25)10-13/h5-11H,2-4H2,1H3,(H,26,29). The molecule has 0 spiro atoms. The molecule has 150 valence electrons. The fourth-order valence-electron chi connectivity index (χ4n) is 3.65. The van der Waals surface area contributed by atoms with Gasteiger partial charge in [0.2, 0.25) is 0 Å². The molecule has 0 saturated heterocycles. The maximum absolute atomic E-state index is 14.0. The van der Waals surface area contributed by atoms with E-state index in [2.05, 4.69) is 10.4 Å². The largest absolute Gasteiger partial charge is 0.344 e. The molecule has 4 rings (SSSR count). The van der Waals surface area contributed by atoms with Gasteiger partial charge in [-0.05, 0) is 44.4 Å². The smallest absolute Gasteiger partial charge is 0.272 e. The molecule has 1 atom stereocenters. The Labute approximate surface area is 164 Å². The summed E-state index contributed by atoms with van der Waals surface area (Å²) in [5.41, 5.74) is 2.13.